The zero-order chi connectivity index (χ0) is 20.2. The maximum absolute atomic E-state index is 12.0. The van der Waals surface area contributed by atoms with Gasteiger partial charge in [-0.1, -0.05) is 42.0 Å². The highest BCUT2D eigenvalue weighted by Gasteiger charge is 2.22. The largest absolute Gasteiger partial charge is 0.493 e. The number of hydrogen-bond donors (Lipinski definition) is 1. The number of nitrogens with one attached hydrogen (secondary N) is 1. The second kappa shape index (κ2) is 8.35. The summed E-state index contributed by atoms with van der Waals surface area (Å²) in [5.74, 6) is 0.849. The van der Waals surface area contributed by atoms with Gasteiger partial charge in [-0.3, -0.25) is 4.98 Å². The zero-order valence-electron chi connectivity index (χ0n) is 16.6. The number of ether oxygens (including phenoxy) is 2. The molecular weight excluding hydrogens is 364 g/mol. The fourth-order valence-electron chi connectivity index (χ4n) is 3.66. The molecule has 1 atom stereocenters. The maximum atomic E-state index is 12.0. The van der Waals surface area contributed by atoms with E-state index in [1.54, 1.807) is 18.5 Å². The lowest BCUT2D eigenvalue weighted by molar-refractivity contribution is 0.0601. The molecular formula is C24H24N2O3. The van der Waals surface area contributed by atoms with Crippen molar-refractivity contribution in [3.05, 3.63) is 77.6 Å². The van der Waals surface area contributed by atoms with Crippen LogP contribution < -0.4 is 10.1 Å². The van der Waals surface area contributed by atoms with Gasteiger partial charge in [0.25, 0.3) is 0 Å². The number of hydrogen-bond acceptors (Lipinski definition) is 5. The highest BCUT2D eigenvalue weighted by Crippen LogP contribution is 2.37. The van der Waals surface area contributed by atoms with Crippen molar-refractivity contribution in [1.82, 2.24) is 4.98 Å². The summed E-state index contributed by atoms with van der Waals surface area (Å²) in [6.45, 7) is 3.45. The van der Waals surface area contributed by atoms with Gasteiger partial charge in [0.15, 0.2) is 0 Å². The second-order valence-corrected chi connectivity index (χ2v) is 7.25. The van der Waals surface area contributed by atoms with Crippen molar-refractivity contribution < 1.29 is 14.3 Å². The van der Waals surface area contributed by atoms with E-state index in [1.165, 1.54) is 23.8 Å². The van der Waals surface area contributed by atoms with E-state index in [0.717, 1.165) is 17.7 Å². The first-order chi connectivity index (χ1) is 14.2. The summed E-state index contributed by atoms with van der Waals surface area (Å²) in [4.78, 5) is 16.1. The number of esters is 1. The Bertz CT molecular complexity index is 1010. The number of carbonyl (C=O) groups is 1. The number of fused-ring (bicyclic) bond motifs is 1. The van der Waals surface area contributed by atoms with Crippen LogP contribution in [0, 0.1) is 6.92 Å². The van der Waals surface area contributed by atoms with Crippen LogP contribution in [0.3, 0.4) is 0 Å². The third kappa shape index (κ3) is 4.09. The first-order valence-corrected chi connectivity index (χ1v) is 9.75. The van der Waals surface area contributed by atoms with Crippen LogP contribution in [0.25, 0.3) is 11.1 Å². The summed E-state index contributed by atoms with van der Waals surface area (Å²) in [7, 11) is 1.38. The highest BCUT2D eigenvalue weighted by molar-refractivity contribution is 5.95. The average Bonchev–Trinajstić information content (AvgIpc) is 2.77. The first kappa shape index (κ1) is 19.0. The lowest BCUT2D eigenvalue weighted by Crippen LogP contribution is -2.21. The molecule has 0 saturated carbocycles. The van der Waals surface area contributed by atoms with E-state index in [9.17, 15) is 4.79 Å². The summed E-state index contributed by atoms with van der Waals surface area (Å²) in [6, 6.07) is 16.6. The molecule has 0 aliphatic carbocycles. The third-order valence-corrected chi connectivity index (χ3v) is 5.33. The van der Waals surface area contributed by atoms with Gasteiger partial charge in [0, 0.05) is 18.7 Å². The van der Waals surface area contributed by atoms with Crippen molar-refractivity contribution in [2.75, 3.05) is 25.6 Å². The molecule has 0 radical (unpaired) electrons. The number of methoxy groups -OCH3 is 1. The van der Waals surface area contributed by atoms with Gasteiger partial charge in [0.2, 0.25) is 0 Å². The quantitative estimate of drug-likeness (QED) is 0.635. The molecule has 0 unspecified atom stereocenters. The van der Waals surface area contributed by atoms with E-state index in [-0.39, 0.29) is 11.9 Å². The molecule has 0 fully saturated rings. The molecule has 0 spiro atoms. The molecule has 0 saturated heterocycles. The minimum atomic E-state index is -0.370. The number of aryl methyl sites for hydroxylation is 1. The number of pyridine rings is 1. The minimum absolute atomic E-state index is 0.288. The molecule has 1 N–H and O–H groups in total. The van der Waals surface area contributed by atoms with Gasteiger partial charge >= 0.3 is 5.97 Å². The van der Waals surface area contributed by atoms with Crippen molar-refractivity contribution in [2.45, 2.75) is 19.3 Å². The number of carbonyl (C=O) groups excluding carboxylic acids is 1. The number of aromatic nitrogens is 1. The maximum Gasteiger partial charge on any atom is 0.340 e. The molecule has 2 aromatic carbocycles. The Hall–Kier alpha value is -3.34. The van der Waals surface area contributed by atoms with Crippen molar-refractivity contribution in [3.8, 4) is 16.9 Å². The standard InChI is InChI=1S/C24H24N2O3/c1-16-3-5-17(6-4-16)18-7-8-20-19(10-12-29-23(20)13-18)14-26-22-15-25-11-9-21(22)24(27)28-2/h3-9,11,13,15,19,26H,10,12,14H2,1-2H3/t19-/m1/s1. The zero-order valence-corrected chi connectivity index (χ0v) is 16.6. The van der Waals surface area contributed by atoms with Gasteiger partial charge in [0.05, 0.1) is 31.2 Å². The van der Waals surface area contributed by atoms with Gasteiger partial charge in [-0.15, -0.1) is 0 Å². The van der Waals surface area contributed by atoms with Crippen molar-refractivity contribution >= 4 is 11.7 Å². The molecule has 3 aromatic rings. The average molecular weight is 388 g/mol. The van der Waals surface area contributed by atoms with Crippen LogP contribution in [0.4, 0.5) is 5.69 Å². The van der Waals surface area contributed by atoms with Gasteiger partial charge in [-0.25, -0.2) is 4.79 Å². The SMILES string of the molecule is COC(=O)c1ccncc1NC[C@H]1CCOc2cc(-c3ccc(C)cc3)ccc21. The minimum Gasteiger partial charge on any atom is -0.493 e. The van der Waals surface area contributed by atoms with Gasteiger partial charge in [0.1, 0.15) is 5.75 Å². The van der Waals surface area contributed by atoms with E-state index in [0.29, 0.717) is 24.4 Å². The van der Waals surface area contributed by atoms with Crippen molar-refractivity contribution in [1.29, 1.82) is 0 Å². The normalized spacial score (nSPS) is 15.2. The molecule has 1 aliphatic heterocycles. The van der Waals surface area contributed by atoms with E-state index < -0.39 is 0 Å². The third-order valence-electron chi connectivity index (χ3n) is 5.33. The molecule has 5 heteroatoms. The Morgan fingerprint density at radius 2 is 1.97 bits per heavy atom. The van der Waals surface area contributed by atoms with Gasteiger partial charge in [-0.05, 0) is 42.2 Å². The summed E-state index contributed by atoms with van der Waals surface area (Å²) >= 11 is 0. The Balaban J connectivity index is 1.53. The molecule has 5 nitrogen and oxygen atoms in total. The molecule has 1 aliphatic rings. The molecule has 0 amide bonds. The molecule has 29 heavy (non-hydrogen) atoms. The van der Waals surface area contributed by atoms with E-state index in [4.69, 9.17) is 9.47 Å². The Morgan fingerprint density at radius 3 is 2.76 bits per heavy atom. The number of anilines is 1. The van der Waals surface area contributed by atoms with Crippen LogP contribution in [-0.4, -0.2) is 31.2 Å². The number of benzene rings is 2. The van der Waals surface area contributed by atoms with Crippen molar-refractivity contribution in [2.24, 2.45) is 0 Å². The Kier molecular flexibility index (Phi) is 5.47. The highest BCUT2D eigenvalue weighted by atomic mass is 16.5. The smallest absolute Gasteiger partial charge is 0.340 e. The lowest BCUT2D eigenvalue weighted by atomic mass is 9.91. The van der Waals surface area contributed by atoms with E-state index in [2.05, 4.69) is 59.7 Å². The predicted octanol–water partition coefficient (Wildman–Crippen LogP) is 4.82. The molecule has 2 heterocycles. The topological polar surface area (TPSA) is 60.5 Å². The van der Waals surface area contributed by atoms with Crippen LogP contribution in [0.2, 0.25) is 0 Å². The summed E-state index contributed by atoms with van der Waals surface area (Å²) in [5.41, 5.74) is 5.94. The van der Waals surface area contributed by atoms with Crippen molar-refractivity contribution in [3.63, 3.8) is 0 Å². The molecule has 148 valence electrons. The molecule has 4 rings (SSSR count). The van der Waals surface area contributed by atoms with Crippen LogP contribution in [0.5, 0.6) is 5.75 Å². The van der Waals surface area contributed by atoms with Crippen LogP contribution in [0.15, 0.2) is 60.9 Å². The van der Waals surface area contributed by atoms with Gasteiger partial charge in [-0.2, -0.15) is 0 Å². The summed E-state index contributed by atoms with van der Waals surface area (Å²) in [6.07, 6.45) is 4.17. The first-order valence-electron chi connectivity index (χ1n) is 9.75. The van der Waals surface area contributed by atoms with Crippen LogP contribution >= 0.6 is 0 Å². The van der Waals surface area contributed by atoms with E-state index in [1.807, 2.05) is 0 Å². The molecule has 0 bridgehead atoms. The monoisotopic (exact) mass is 388 g/mol. The van der Waals surface area contributed by atoms with Crippen LogP contribution in [0.1, 0.15) is 33.8 Å². The van der Waals surface area contributed by atoms with E-state index >= 15 is 0 Å². The molecule has 1 aromatic heterocycles. The fourth-order valence-corrected chi connectivity index (χ4v) is 3.66. The predicted molar refractivity (Wildman–Crippen MR) is 114 cm³/mol. The van der Waals surface area contributed by atoms with Gasteiger partial charge < -0.3 is 14.8 Å². The Morgan fingerprint density at radius 1 is 1.17 bits per heavy atom. The number of rotatable bonds is 5. The Labute approximate surface area is 170 Å². The second-order valence-electron chi connectivity index (χ2n) is 7.25. The van der Waals surface area contributed by atoms with Crippen LogP contribution in [-0.2, 0) is 4.74 Å². The fraction of sp³-hybridized carbons (Fsp3) is 0.250. The lowest BCUT2D eigenvalue weighted by Gasteiger charge is -2.27. The summed E-state index contributed by atoms with van der Waals surface area (Å²) < 4.78 is 10.8. The summed E-state index contributed by atoms with van der Waals surface area (Å²) in [5, 5.41) is 3.37. The number of nitrogens with zero attached hydrogens (tertiary/aromatic N) is 1.